The third-order valence-electron chi connectivity index (χ3n) is 3.05. The van der Waals surface area contributed by atoms with E-state index in [1.807, 2.05) is 20.9 Å². The van der Waals surface area contributed by atoms with Crippen LogP contribution in [0.3, 0.4) is 0 Å². The molecule has 22 heavy (non-hydrogen) atoms. The molecule has 0 radical (unpaired) electrons. The van der Waals surface area contributed by atoms with Crippen molar-refractivity contribution in [3.05, 3.63) is 17.0 Å². The van der Waals surface area contributed by atoms with Crippen LogP contribution in [-0.2, 0) is 7.05 Å². The van der Waals surface area contributed by atoms with Crippen molar-refractivity contribution in [3.8, 4) is 0 Å². The van der Waals surface area contributed by atoms with Gasteiger partial charge in [0.25, 0.3) is 0 Å². The highest BCUT2D eigenvalue weighted by atomic mass is 32.2. The molecule has 0 saturated carbocycles. The lowest BCUT2D eigenvalue weighted by Crippen LogP contribution is -2.06. The minimum absolute atomic E-state index is 0.748. The Hall–Kier alpha value is -1.74. The number of fused-ring (bicyclic) bond motifs is 1. The first-order valence-corrected chi connectivity index (χ1v) is 8.77. The molecule has 0 spiro atoms. The lowest BCUT2D eigenvalue weighted by molar-refractivity contribution is 0.783. The van der Waals surface area contributed by atoms with E-state index in [9.17, 15) is 0 Å². The standard InChI is InChI=1S/C13H17N7S2/c1-8-16-11(10-7-15-20(3)12(10)17-8)14-5-4-6-21-13-19-18-9(2)22-13/h7H,4-6H2,1-3H3,(H,14,16,17). The van der Waals surface area contributed by atoms with E-state index in [2.05, 4.69) is 30.6 Å². The molecule has 3 rings (SSSR count). The van der Waals surface area contributed by atoms with Crippen molar-refractivity contribution in [2.45, 2.75) is 24.6 Å². The van der Waals surface area contributed by atoms with Gasteiger partial charge in [0, 0.05) is 19.3 Å². The van der Waals surface area contributed by atoms with Gasteiger partial charge < -0.3 is 5.32 Å². The monoisotopic (exact) mass is 335 g/mol. The van der Waals surface area contributed by atoms with E-state index in [4.69, 9.17) is 0 Å². The van der Waals surface area contributed by atoms with Crippen molar-refractivity contribution >= 4 is 39.9 Å². The molecule has 9 heteroatoms. The third kappa shape index (κ3) is 3.36. The molecule has 0 amide bonds. The van der Waals surface area contributed by atoms with Crippen LogP contribution in [0, 0.1) is 13.8 Å². The Morgan fingerprint density at radius 2 is 2.14 bits per heavy atom. The average Bonchev–Trinajstić information content (AvgIpc) is 3.05. The molecule has 0 saturated heterocycles. The van der Waals surface area contributed by atoms with Crippen LogP contribution in [0.2, 0.25) is 0 Å². The predicted octanol–water partition coefficient (Wildman–Crippen LogP) is 2.43. The van der Waals surface area contributed by atoms with Gasteiger partial charge in [-0.05, 0) is 20.3 Å². The molecule has 0 aliphatic carbocycles. The van der Waals surface area contributed by atoms with Crippen molar-refractivity contribution in [1.29, 1.82) is 0 Å². The molecule has 3 heterocycles. The first-order valence-electron chi connectivity index (χ1n) is 6.96. The Balaban J connectivity index is 1.55. The summed E-state index contributed by atoms with van der Waals surface area (Å²) in [6, 6.07) is 0. The molecule has 0 aliphatic heterocycles. The molecule has 0 atom stereocenters. The number of rotatable bonds is 6. The highest BCUT2D eigenvalue weighted by Gasteiger charge is 2.09. The number of nitrogens with zero attached hydrogens (tertiary/aromatic N) is 6. The SMILES string of the molecule is Cc1nc(NCCCSc2nnc(C)s2)c2cnn(C)c2n1. The molecule has 3 aromatic heterocycles. The van der Waals surface area contributed by atoms with Crippen LogP contribution in [0.15, 0.2) is 10.5 Å². The van der Waals surface area contributed by atoms with E-state index < -0.39 is 0 Å². The smallest absolute Gasteiger partial charge is 0.174 e. The van der Waals surface area contributed by atoms with Crippen LogP contribution in [0.4, 0.5) is 5.82 Å². The fourth-order valence-corrected chi connectivity index (χ4v) is 3.87. The maximum absolute atomic E-state index is 4.47. The molecule has 0 fully saturated rings. The predicted molar refractivity (Wildman–Crippen MR) is 89.5 cm³/mol. The number of aryl methyl sites for hydroxylation is 3. The summed E-state index contributed by atoms with van der Waals surface area (Å²) in [5, 5.41) is 17.7. The van der Waals surface area contributed by atoms with Crippen LogP contribution in [-0.4, -0.2) is 42.2 Å². The molecule has 0 unspecified atom stereocenters. The fraction of sp³-hybridized carbons (Fsp3) is 0.462. The molecular weight excluding hydrogens is 318 g/mol. The average molecular weight is 335 g/mol. The van der Waals surface area contributed by atoms with Crippen molar-refractivity contribution in [3.63, 3.8) is 0 Å². The van der Waals surface area contributed by atoms with E-state index in [1.165, 1.54) is 0 Å². The minimum atomic E-state index is 0.748. The largest absolute Gasteiger partial charge is 0.369 e. The van der Waals surface area contributed by atoms with Gasteiger partial charge in [-0.25, -0.2) is 9.97 Å². The summed E-state index contributed by atoms with van der Waals surface area (Å²) in [4.78, 5) is 8.88. The van der Waals surface area contributed by atoms with Crippen LogP contribution >= 0.6 is 23.1 Å². The maximum Gasteiger partial charge on any atom is 0.174 e. The molecule has 116 valence electrons. The van der Waals surface area contributed by atoms with Gasteiger partial charge in [-0.1, -0.05) is 23.1 Å². The summed E-state index contributed by atoms with van der Waals surface area (Å²) >= 11 is 3.38. The van der Waals surface area contributed by atoms with Crippen LogP contribution < -0.4 is 5.32 Å². The van der Waals surface area contributed by atoms with Gasteiger partial charge in [0.05, 0.1) is 11.6 Å². The summed E-state index contributed by atoms with van der Waals surface area (Å²) in [5.74, 6) is 2.60. The topological polar surface area (TPSA) is 81.4 Å². The molecule has 1 N–H and O–H groups in total. The summed E-state index contributed by atoms with van der Waals surface area (Å²) in [6.45, 7) is 4.72. The Morgan fingerprint density at radius 1 is 1.27 bits per heavy atom. The van der Waals surface area contributed by atoms with E-state index in [-0.39, 0.29) is 0 Å². The highest BCUT2D eigenvalue weighted by Crippen LogP contribution is 2.23. The third-order valence-corrected chi connectivity index (χ3v) is 5.11. The van der Waals surface area contributed by atoms with Gasteiger partial charge >= 0.3 is 0 Å². The van der Waals surface area contributed by atoms with Gasteiger partial charge in [0.1, 0.15) is 16.6 Å². The number of thioether (sulfide) groups is 1. The van der Waals surface area contributed by atoms with Crippen LogP contribution in [0.5, 0.6) is 0 Å². The van der Waals surface area contributed by atoms with Gasteiger partial charge in [0.15, 0.2) is 9.99 Å². The van der Waals surface area contributed by atoms with Gasteiger partial charge in [-0.2, -0.15) is 5.10 Å². The molecule has 0 aromatic carbocycles. The Bertz CT molecular complexity index is 780. The van der Waals surface area contributed by atoms with Gasteiger partial charge in [-0.15, -0.1) is 10.2 Å². The maximum atomic E-state index is 4.47. The number of hydrogen-bond donors (Lipinski definition) is 1. The van der Waals surface area contributed by atoms with Crippen molar-refractivity contribution in [2.24, 2.45) is 7.05 Å². The summed E-state index contributed by atoms with van der Waals surface area (Å²) in [6.07, 6.45) is 2.82. The number of hydrogen-bond acceptors (Lipinski definition) is 8. The number of nitrogens with one attached hydrogen (secondary N) is 1. The highest BCUT2D eigenvalue weighted by molar-refractivity contribution is 8.01. The Labute approximate surface area is 136 Å². The zero-order chi connectivity index (χ0) is 15.5. The number of aromatic nitrogens is 6. The Kier molecular flexibility index (Phi) is 4.53. The normalized spacial score (nSPS) is 11.2. The first-order chi connectivity index (χ1) is 10.6. The molecular formula is C13H17N7S2. The van der Waals surface area contributed by atoms with E-state index >= 15 is 0 Å². The minimum Gasteiger partial charge on any atom is -0.369 e. The molecule has 3 aromatic rings. The quantitative estimate of drug-likeness (QED) is 0.547. The van der Waals surface area contributed by atoms with Crippen molar-refractivity contribution < 1.29 is 0 Å². The van der Waals surface area contributed by atoms with Crippen LogP contribution in [0.25, 0.3) is 11.0 Å². The summed E-state index contributed by atoms with van der Waals surface area (Å²) in [5.41, 5.74) is 0.855. The molecule has 7 nitrogen and oxygen atoms in total. The molecule has 0 bridgehead atoms. The van der Waals surface area contributed by atoms with Crippen LogP contribution in [0.1, 0.15) is 17.3 Å². The summed E-state index contributed by atoms with van der Waals surface area (Å²) < 4.78 is 2.80. The zero-order valence-electron chi connectivity index (χ0n) is 12.7. The lowest BCUT2D eigenvalue weighted by atomic mass is 10.3. The fourth-order valence-electron chi connectivity index (χ4n) is 2.04. The van der Waals surface area contributed by atoms with E-state index in [0.29, 0.717) is 0 Å². The first kappa shape index (κ1) is 15.2. The van der Waals surface area contributed by atoms with Gasteiger partial charge in [0.2, 0.25) is 0 Å². The van der Waals surface area contributed by atoms with E-state index in [1.54, 1.807) is 34.0 Å². The van der Waals surface area contributed by atoms with Crippen molar-refractivity contribution in [2.75, 3.05) is 17.6 Å². The second-order valence-electron chi connectivity index (χ2n) is 4.84. The number of anilines is 1. The van der Waals surface area contributed by atoms with Crippen molar-refractivity contribution in [1.82, 2.24) is 29.9 Å². The second-order valence-corrected chi connectivity index (χ2v) is 7.36. The van der Waals surface area contributed by atoms with E-state index in [0.717, 1.165) is 50.7 Å². The summed E-state index contributed by atoms with van der Waals surface area (Å²) in [7, 11) is 1.89. The molecule has 0 aliphatic rings. The second kappa shape index (κ2) is 6.57. The Morgan fingerprint density at radius 3 is 2.91 bits per heavy atom. The lowest BCUT2D eigenvalue weighted by Gasteiger charge is -2.07. The zero-order valence-corrected chi connectivity index (χ0v) is 14.3. The van der Waals surface area contributed by atoms with Gasteiger partial charge in [-0.3, -0.25) is 4.68 Å².